The zero-order valence-corrected chi connectivity index (χ0v) is 12.5. The zero-order chi connectivity index (χ0) is 15.5. The molecule has 1 aliphatic heterocycles. The van der Waals surface area contributed by atoms with Crippen molar-refractivity contribution in [3.63, 3.8) is 0 Å². The third kappa shape index (κ3) is 3.93. The van der Waals surface area contributed by atoms with Gasteiger partial charge in [0.2, 0.25) is 0 Å². The van der Waals surface area contributed by atoms with Crippen molar-refractivity contribution >= 4 is 5.84 Å². The van der Waals surface area contributed by atoms with Gasteiger partial charge in [0.05, 0.1) is 18.3 Å². The van der Waals surface area contributed by atoms with E-state index in [0.717, 1.165) is 17.7 Å². The van der Waals surface area contributed by atoms with Gasteiger partial charge in [-0.1, -0.05) is 29.4 Å². The number of hydrogen-bond donors (Lipinski definition) is 3. The minimum absolute atomic E-state index is 0.00180. The SMILES string of the molecule is CC1(C)CN(Cc2ccccc2/C(N)=N/O)CC(CO)O1. The molecule has 1 fully saturated rings. The summed E-state index contributed by atoms with van der Waals surface area (Å²) in [6.45, 7) is 6.10. The summed E-state index contributed by atoms with van der Waals surface area (Å²) in [5.41, 5.74) is 7.13. The quantitative estimate of drug-likeness (QED) is 0.330. The Morgan fingerprint density at radius 1 is 1.48 bits per heavy atom. The summed E-state index contributed by atoms with van der Waals surface area (Å²) < 4.78 is 5.81. The molecular formula is C15H23N3O3. The summed E-state index contributed by atoms with van der Waals surface area (Å²) in [5.74, 6) is 0.108. The van der Waals surface area contributed by atoms with Gasteiger partial charge < -0.3 is 20.8 Å². The molecule has 0 aromatic heterocycles. The molecule has 116 valence electrons. The van der Waals surface area contributed by atoms with Crippen LogP contribution >= 0.6 is 0 Å². The molecule has 0 amide bonds. The second-order valence-corrected chi connectivity index (χ2v) is 5.99. The molecule has 1 saturated heterocycles. The first-order valence-electron chi connectivity index (χ1n) is 7.02. The van der Waals surface area contributed by atoms with Gasteiger partial charge in [-0.15, -0.1) is 0 Å². The lowest BCUT2D eigenvalue weighted by atomic mass is 10.0. The lowest BCUT2D eigenvalue weighted by Crippen LogP contribution is -2.53. The summed E-state index contributed by atoms with van der Waals surface area (Å²) in [6.07, 6.45) is -0.190. The van der Waals surface area contributed by atoms with Crippen molar-refractivity contribution < 1.29 is 15.1 Å². The molecule has 6 heteroatoms. The summed E-state index contributed by atoms with van der Waals surface area (Å²) in [6, 6.07) is 7.58. The van der Waals surface area contributed by atoms with Crippen LogP contribution in [-0.2, 0) is 11.3 Å². The minimum Gasteiger partial charge on any atom is -0.409 e. The van der Waals surface area contributed by atoms with Gasteiger partial charge in [-0.3, -0.25) is 4.90 Å². The van der Waals surface area contributed by atoms with Crippen LogP contribution in [0, 0.1) is 0 Å². The van der Waals surface area contributed by atoms with Gasteiger partial charge in [0.1, 0.15) is 0 Å². The second kappa shape index (κ2) is 6.43. The first kappa shape index (κ1) is 15.8. The number of nitrogens with zero attached hydrogens (tertiary/aromatic N) is 2. The van der Waals surface area contributed by atoms with Gasteiger partial charge in [-0.2, -0.15) is 0 Å². The van der Waals surface area contributed by atoms with Crippen molar-refractivity contribution in [2.75, 3.05) is 19.7 Å². The molecule has 1 heterocycles. The van der Waals surface area contributed by atoms with Crippen LogP contribution in [0.2, 0.25) is 0 Å². The van der Waals surface area contributed by atoms with Crippen LogP contribution in [0.15, 0.2) is 29.4 Å². The maximum atomic E-state index is 9.36. The van der Waals surface area contributed by atoms with Gasteiger partial charge >= 0.3 is 0 Å². The smallest absolute Gasteiger partial charge is 0.170 e. The van der Waals surface area contributed by atoms with Crippen molar-refractivity contribution in [3.05, 3.63) is 35.4 Å². The number of aliphatic hydroxyl groups is 1. The first-order valence-corrected chi connectivity index (χ1v) is 7.02. The van der Waals surface area contributed by atoms with E-state index < -0.39 is 0 Å². The molecule has 1 aliphatic rings. The van der Waals surface area contributed by atoms with E-state index in [1.165, 1.54) is 0 Å². The van der Waals surface area contributed by atoms with Crippen molar-refractivity contribution in [2.24, 2.45) is 10.9 Å². The van der Waals surface area contributed by atoms with E-state index in [1.807, 2.05) is 38.1 Å². The Labute approximate surface area is 124 Å². The van der Waals surface area contributed by atoms with E-state index in [1.54, 1.807) is 0 Å². The molecule has 1 aromatic rings. The molecule has 0 aliphatic carbocycles. The molecule has 6 nitrogen and oxygen atoms in total. The van der Waals surface area contributed by atoms with E-state index in [4.69, 9.17) is 15.7 Å². The highest BCUT2D eigenvalue weighted by molar-refractivity contribution is 5.98. The minimum atomic E-state index is -0.308. The number of amidine groups is 1. The summed E-state index contributed by atoms with van der Waals surface area (Å²) >= 11 is 0. The van der Waals surface area contributed by atoms with Crippen LogP contribution in [0.25, 0.3) is 0 Å². The summed E-state index contributed by atoms with van der Waals surface area (Å²) in [5, 5.41) is 21.3. The highest BCUT2D eigenvalue weighted by Gasteiger charge is 2.33. The van der Waals surface area contributed by atoms with Gasteiger partial charge in [0.25, 0.3) is 0 Å². The Morgan fingerprint density at radius 2 is 2.19 bits per heavy atom. The lowest BCUT2D eigenvalue weighted by molar-refractivity contribution is -0.150. The molecular weight excluding hydrogens is 270 g/mol. The van der Waals surface area contributed by atoms with E-state index in [9.17, 15) is 5.11 Å². The fourth-order valence-corrected chi connectivity index (χ4v) is 2.84. The standard InChI is InChI=1S/C15H23N3O3/c1-15(2)10-18(8-12(9-19)21-15)7-11-5-3-4-6-13(11)14(16)17-20/h3-6,12,19-20H,7-10H2,1-2H3,(H2,16,17). The lowest BCUT2D eigenvalue weighted by Gasteiger charge is -2.42. The Hall–Kier alpha value is -1.63. The monoisotopic (exact) mass is 293 g/mol. The number of hydrogen-bond acceptors (Lipinski definition) is 5. The Balaban J connectivity index is 2.18. The van der Waals surface area contributed by atoms with Crippen molar-refractivity contribution in [1.82, 2.24) is 4.90 Å². The third-order valence-electron chi connectivity index (χ3n) is 3.55. The van der Waals surface area contributed by atoms with Crippen LogP contribution < -0.4 is 5.73 Å². The predicted octanol–water partition coefficient (Wildman–Crippen LogP) is 0.753. The van der Waals surface area contributed by atoms with Crippen LogP contribution in [0.3, 0.4) is 0 Å². The van der Waals surface area contributed by atoms with Crippen molar-refractivity contribution in [1.29, 1.82) is 0 Å². The Morgan fingerprint density at radius 3 is 2.86 bits per heavy atom. The van der Waals surface area contributed by atoms with Crippen LogP contribution in [0.5, 0.6) is 0 Å². The molecule has 1 atom stereocenters. The molecule has 0 bridgehead atoms. The number of aliphatic hydroxyl groups excluding tert-OH is 1. The number of benzene rings is 1. The van der Waals surface area contributed by atoms with Crippen LogP contribution in [0.4, 0.5) is 0 Å². The molecule has 0 radical (unpaired) electrons. The fourth-order valence-electron chi connectivity index (χ4n) is 2.84. The largest absolute Gasteiger partial charge is 0.409 e. The van der Waals surface area contributed by atoms with Gasteiger partial charge in [0, 0.05) is 25.2 Å². The van der Waals surface area contributed by atoms with Gasteiger partial charge in [-0.05, 0) is 19.4 Å². The number of morpholine rings is 1. The molecule has 1 aromatic carbocycles. The van der Waals surface area contributed by atoms with E-state index in [2.05, 4.69) is 10.1 Å². The van der Waals surface area contributed by atoms with E-state index in [-0.39, 0.29) is 24.1 Å². The van der Waals surface area contributed by atoms with Gasteiger partial charge in [0.15, 0.2) is 5.84 Å². The number of rotatable bonds is 4. The third-order valence-corrected chi connectivity index (χ3v) is 3.55. The molecule has 2 rings (SSSR count). The number of ether oxygens (including phenoxy) is 1. The van der Waals surface area contributed by atoms with Crippen molar-refractivity contribution in [2.45, 2.75) is 32.1 Å². The van der Waals surface area contributed by atoms with E-state index in [0.29, 0.717) is 13.1 Å². The average Bonchev–Trinajstić information content (AvgIpc) is 2.45. The second-order valence-electron chi connectivity index (χ2n) is 5.99. The highest BCUT2D eigenvalue weighted by Crippen LogP contribution is 2.23. The van der Waals surface area contributed by atoms with Crippen LogP contribution in [0.1, 0.15) is 25.0 Å². The zero-order valence-electron chi connectivity index (χ0n) is 12.5. The Bertz CT molecular complexity index is 517. The summed E-state index contributed by atoms with van der Waals surface area (Å²) in [7, 11) is 0. The Kier molecular flexibility index (Phi) is 4.82. The summed E-state index contributed by atoms with van der Waals surface area (Å²) in [4.78, 5) is 2.22. The van der Waals surface area contributed by atoms with Gasteiger partial charge in [-0.25, -0.2) is 0 Å². The molecule has 0 saturated carbocycles. The number of oxime groups is 1. The molecule has 1 unspecified atom stereocenters. The van der Waals surface area contributed by atoms with Crippen molar-refractivity contribution in [3.8, 4) is 0 Å². The normalized spacial score (nSPS) is 23.2. The fraction of sp³-hybridized carbons (Fsp3) is 0.533. The van der Waals surface area contributed by atoms with E-state index >= 15 is 0 Å². The maximum absolute atomic E-state index is 9.36. The van der Waals surface area contributed by atoms with Crippen LogP contribution in [-0.4, -0.2) is 52.5 Å². The average molecular weight is 293 g/mol. The highest BCUT2D eigenvalue weighted by atomic mass is 16.5. The topological polar surface area (TPSA) is 91.3 Å². The molecule has 21 heavy (non-hydrogen) atoms. The first-order chi connectivity index (χ1) is 9.95. The predicted molar refractivity (Wildman–Crippen MR) is 80.3 cm³/mol. The number of nitrogens with two attached hydrogens (primary N) is 1. The molecule has 0 spiro atoms. The maximum Gasteiger partial charge on any atom is 0.170 e. The molecule has 4 N–H and O–H groups in total.